The molecule has 1 fully saturated rings. The summed E-state index contributed by atoms with van der Waals surface area (Å²) in [7, 11) is 0. The van der Waals surface area contributed by atoms with Crippen molar-refractivity contribution in [3.63, 3.8) is 0 Å². The topological polar surface area (TPSA) is 38.8 Å². The van der Waals surface area contributed by atoms with Gasteiger partial charge in [-0.1, -0.05) is 17.2 Å². The van der Waals surface area contributed by atoms with E-state index >= 15 is 0 Å². The summed E-state index contributed by atoms with van der Waals surface area (Å²) in [4.78, 5) is 12.0. The van der Waals surface area contributed by atoms with Crippen molar-refractivity contribution in [2.24, 2.45) is 0 Å². The van der Waals surface area contributed by atoms with Crippen LogP contribution in [0.25, 0.3) is 0 Å². The van der Waals surface area contributed by atoms with Crippen LogP contribution >= 0.6 is 0 Å². The Bertz CT molecular complexity index is 596. The molecular weight excluding hydrogens is 288 g/mol. The zero-order chi connectivity index (χ0) is 16.6. The van der Waals surface area contributed by atoms with Crippen LogP contribution in [0.4, 0.5) is 0 Å². The van der Waals surface area contributed by atoms with E-state index < -0.39 is 0 Å². The van der Waals surface area contributed by atoms with Crippen molar-refractivity contribution in [1.29, 1.82) is 0 Å². The molecule has 3 rings (SSSR count). The molecule has 1 saturated heterocycles. The average Bonchev–Trinajstić information content (AvgIpc) is 3.04. The van der Waals surface area contributed by atoms with Crippen LogP contribution in [0.2, 0.25) is 0 Å². The number of hydrogen-bond acceptors (Lipinski definition) is 3. The Hall–Kier alpha value is -1.35. The molecule has 0 spiro atoms. The molecule has 0 N–H and O–H groups in total. The molecule has 0 aromatic carbocycles. The van der Waals surface area contributed by atoms with Crippen molar-refractivity contribution in [3.8, 4) is 0 Å². The van der Waals surface area contributed by atoms with E-state index in [9.17, 15) is 4.79 Å². The van der Waals surface area contributed by atoms with Crippen LogP contribution in [0.3, 0.4) is 0 Å². The van der Waals surface area contributed by atoms with Gasteiger partial charge in [0.25, 0.3) is 0 Å². The van der Waals surface area contributed by atoms with Gasteiger partial charge in [-0.2, -0.15) is 0 Å². The quantitative estimate of drug-likeness (QED) is 0.371. The van der Waals surface area contributed by atoms with Crippen molar-refractivity contribution < 1.29 is 14.3 Å². The molecular formula is C20H28O3. The van der Waals surface area contributed by atoms with Crippen LogP contribution in [0.15, 0.2) is 34.4 Å². The van der Waals surface area contributed by atoms with Gasteiger partial charge in [0.1, 0.15) is 6.10 Å². The Balaban J connectivity index is 1.83. The summed E-state index contributed by atoms with van der Waals surface area (Å²) >= 11 is 0. The summed E-state index contributed by atoms with van der Waals surface area (Å²) < 4.78 is 11.6. The van der Waals surface area contributed by atoms with Gasteiger partial charge in [0.15, 0.2) is 0 Å². The molecule has 3 aliphatic rings. The standard InChI is InChI=1S/C20H28O3/c1-13-7-5-8-14(2)11-17-16(15(3)19(21)22-17)12-18-20(4,23-18)10-6-9-13/h9,11,17-18H,5-8,10,12H2,1-4H3/b13-9+,14-11+/t17-,18+,20+/m0/s1. The summed E-state index contributed by atoms with van der Waals surface area (Å²) in [5.41, 5.74) is 4.63. The molecule has 2 aliphatic heterocycles. The first kappa shape index (κ1) is 16.5. The second-order valence-electron chi connectivity index (χ2n) is 7.56. The maximum Gasteiger partial charge on any atom is 0.334 e. The van der Waals surface area contributed by atoms with Crippen LogP contribution in [0, 0.1) is 0 Å². The molecule has 0 amide bonds. The molecule has 0 unspecified atom stereocenters. The number of allylic oxidation sites excluding steroid dienone is 3. The van der Waals surface area contributed by atoms with Gasteiger partial charge in [0.05, 0.1) is 11.7 Å². The number of epoxide rings is 1. The fourth-order valence-electron chi connectivity index (χ4n) is 3.69. The van der Waals surface area contributed by atoms with Gasteiger partial charge in [-0.25, -0.2) is 4.79 Å². The summed E-state index contributed by atoms with van der Waals surface area (Å²) in [6.45, 7) is 8.44. The van der Waals surface area contributed by atoms with Crippen LogP contribution in [0.5, 0.6) is 0 Å². The zero-order valence-corrected chi connectivity index (χ0v) is 14.8. The molecule has 3 nitrogen and oxygen atoms in total. The van der Waals surface area contributed by atoms with Crippen LogP contribution in [0.1, 0.15) is 66.2 Å². The maximum absolute atomic E-state index is 12.0. The fraction of sp³-hybridized carbons (Fsp3) is 0.650. The molecule has 23 heavy (non-hydrogen) atoms. The lowest BCUT2D eigenvalue weighted by molar-refractivity contribution is -0.138. The van der Waals surface area contributed by atoms with Gasteiger partial charge in [-0.3, -0.25) is 0 Å². The van der Waals surface area contributed by atoms with Crippen LogP contribution in [-0.2, 0) is 14.3 Å². The van der Waals surface area contributed by atoms with Gasteiger partial charge in [-0.05, 0) is 71.4 Å². The Kier molecular flexibility index (Phi) is 4.50. The van der Waals surface area contributed by atoms with E-state index in [0.29, 0.717) is 0 Å². The smallest absolute Gasteiger partial charge is 0.334 e. The highest BCUT2D eigenvalue weighted by molar-refractivity contribution is 5.92. The fourth-order valence-corrected chi connectivity index (χ4v) is 3.69. The molecule has 3 heteroatoms. The summed E-state index contributed by atoms with van der Waals surface area (Å²) in [6, 6.07) is 0. The molecule has 0 saturated carbocycles. The Morgan fingerprint density at radius 1 is 1.17 bits per heavy atom. The second kappa shape index (κ2) is 6.27. The molecule has 0 bridgehead atoms. The first-order valence-electron chi connectivity index (χ1n) is 8.80. The van der Waals surface area contributed by atoms with E-state index in [2.05, 4.69) is 32.9 Å². The monoisotopic (exact) mass is 316 g/mol. The molecule has 2 heterocycles. The third kappa shape index (κ3) is 3.60. The van der Waals surface area contributed by atoms with Gasteiger partial charge in [0, 0.05) is 12.0 Å². The zero-order valence-electron chi connectivity index (χ0n) is 14.8. The maximum atomic E-state index is 12.0. The molecule has 0 aromatic heterocycles. The molecule has 1 aliphatic carbocycles. The van der Waals surface area contributed by atoms with Crippen molar-refractivity contribution in [2.75, 3.05) is 0 Å². The number of esters is 1. The first-order chi connectivity index (χ1) is 10.9. The van der Waals surface area contributed by atoms with Gasteiger partial charge in [-0.15, -0.1) is 0 Å². The average molecular weight is 316 g/mol. The highest BCUT2D eigenvalue weighted by Gasteiger charge is 2.52. The number of rotatable bonds is 0. The van der Waals surface area contributed by atoms with E-state index in [1.165, 1.54) is 11.1 Å². The Morgan fingerprint density at radius 2 is 1.91 bits per heavy atom. The summed E-state index contributed by atoms with van der Waals surface area (Å²) in [5.74, 6) is -0.168. The van der Waals surface area contributed by atoms with Crippen LogP contribution in [-0.4, -0.2) is 23.8 Å². The number of hydrogen-bond donors (Lipinski definition) is 0. The van der Waals surface area contributed by atoms with E-state index in [0.717, 1.165) is 49.7 Å². The molecule has 126 valence electrons. The number of carbonyl (C=O) groups is 1. The van der Waals surface area contributed by atoms with E-state index in [1.807, 2.05) is 6.92 Å². The van der Waals surface area contributed by atoms with E-state index in [1.54, 1.807) is 0 Å². The first-order valence-corrected chi connectivity index (χ1v) is 8.80. The van der Waals surface area contributed by atoms with E-state index in [-0.39, 0.29) is 23.8 Å². The second-order valence-corrected chi connectivity index (χ2v) is 7.56. The lowest BCUT2D eigenvalue weighted by atomic mass is 9.91. The predicted octanol–water partition coefficient (Wildman–Crippen LogP) is 4.63. The van der Waals surface area contributed by atoms with Crippen molar-refractivity contribution in [2.45, 2.75) is 84.0 Å². The minimum Gasteiger partial charge on any atom is -0.450 e. The molecule has 0 radical (unpaired) electrons. The lowest BCUT2D eigenvalue weighted by Crippen LogP contribution is -2.14. The highest BCUT2D eigenvalue weighted by Crippen LogP contribution is 2.46. The minimum absolute atomic E-state index is 0.0386. The normalized spacial score (nSPS) is 40.1. The SMILES string of the molecule is CC1=C2C[C@H]3O[C@]3(C)CC/C=C(\C)CCC/C(C)=C/[C@@H]2OC1=O. The largest absolute Gasteiger partial charge is 0.450 e. The Morgan fingerprint density at radius 3 is 2.70 bits per heavy atom. The Labute approximate surface area is 139 Å². The summed E-state index contributed by atoms with van der Waals surface area (Å²) in [5, 5.41) is 0. The molecule has 3 atom stereocenters. The third-order valence-corrected chi connectivity index (χ3v) is 5.52. The highest BCUT2D eigenvalue weighted by atomic mass is 16.6. The molecule has 0 aromatic rings. The number of ether oxygens (including phenoxy) is 2. The van der Waals surface area contributed by atoms with E-state index in [4.69, 9.17) is 9.47 Å². The minimum atomic E-state index is -0.185. The van der Waals surface area contributed by atoms with Gasteiger partial charge in [0.2, 0.25) is 0 Å². The van der Waals surface area contributed by atoms with Crippen molar-refractivity contribution >= 4 is 5.97 Å². The van der Waals surface area contributed by atoms with Crippen molar-refractivity contribution in [3.05, 3.63) is 34.4 Å². The lowest BCUT2D eigenvalue weighted by Gasteiger charge is -2.13. The van der Waals surface area contributed by atoms with Gasteiger partial charge >= 0.3 is 5.97 Å². The van der Waals surface area contributed by atoms with Gasteiger partial charge < -0.3 is 9.47 Å². The third-order valence-electron chi connectivity index (χ3n) is 5.52. The van der Waals surface area contributed by atoms with Crippen molar-refractivity contribution in [1.82, 2.24) is 0 Å². The number of carbonyl (C=O) groups excluding carboxylic acids is 1. The summed E-state index contributed by atoms with van der Waals surface area (Å²) in [6.07, 6.45) is 10.8. The van der Waals surface area contributed by atoms with Crippen LogP contribution < -0.4 is 0 Å². The predicted molar refractivity (Wildman–Crippen MR) is 91.1 cm³/mol. The number of fused-ring (bicyclic) bond motifs is 2.